The predicted molar refractivity (Wildman–Crippen MR) is 86.1 cm³/mol. The summed E-state index contributed by atoms with van der Waals surface area (Å²) in [7, 11) is 0. The molecule has 24 heavy (non-hydrogen) atoms. The number of benzene rings is 1. The third kappa shape index (κ3) is 3.97. The SMILES string of the molecule is CCN1CCCC1CNC(=O)c1nnc(Cc2ccc(F)cc2)o1. The van der Waals surface area contributed by atoms with Crippen molar-refractivity contribution < 1.29 is 13.6 Å². The standard InChI is InChI=1S/C17H21FN4O2/c1-2-22-9-3-4-14(22)11-19-16(23)17-21-20-15(24-17)10-12-5-7-13(18)8-6-12/h5-8,14H,2-4,9-11H2,1H3,(H,19,23). The van der Waals surface area contributed by atoms with Crippen LogP contribution in [0.15, 0.2) is 28.7 Å². The van der Waals surface area contributed by atoms with E-state index in [0.717, 1.165) is 31.5 Å². The van der Waals surface area contributed by atoms with Crippen LogP contribution in [-0.2, 0) is 6.42 Å². The largest absolute Gasteiger partial charge is 0.417 e. The normalized spacial score (nSPS) is 18.0. The van der Waals surface area contributed by atoms with E-state index >= 15 is 0 Å². The van der Waals surface area contributed by atoms with Gasteiger partial charge in [-0.2, -0.15) is 0 Å². The van der Waals surface area contributed by atoms with Gasteiger partial charge in [-0.1, -0.05) is 19.1 Å². The van der Waals surface area contributed by atoms with E-state index in [9.17, 15) is 9.18 Å². The maximum absolute atomic E-state index is 12.9. The van der Waals surface area contributed by atoms with E-state index in [-0.39, 0.29) is 17.6 Å². The molecule has 3 rings (SSSR count). The van der Waals surface area contributed by atoms with Gasteiger partial charge in [0.2, 0.25) is 5.89 Å². The third-order valence-corrected chi connectivity index (χ3v) is 4.33. The molecule has 1 aliphatic rings. The monoisotopic (exact) mass is 332 g/mol. The lowest BCUT2D eigenvalue weighted by molar-refractivity contribution is 0.0905. The molecule has 2 aromatic rings. The fraction of sp³-hybridized carbons (Fsp3) is 0.471. The Labute approximate surface area is 140 Å². The Bertz CT molecular complexity index is 686. The van der Waals surface area contributed by atoms with Gasteiger partial charge in [-0.25, -0.2) is 4.39 Å². The Morgan fingerprint density at radius 3 is 2.92 bits per heavy atom. The Kier molecular flexibility index (Phi) is 5.20. The fourth-order valence-electron chi connectivity index (χ4n) is 3.02. The first kappa shape index (κ1) is 16.6. The van der Waals surface area contributed by atoms with Crippen LogP contribution in [0.5, 0.6) is 0 Å². The zero-order valence-corrected chi connectivity index (χ0v) is 13.7. The van der Waals surface area contributed by atoms with Gasteiger partial charge < -0.3 is 9.73 Å². The van der Waals surface area contributed by atoms with Crippen LogP contribution in [-0.4, -0.2) is 46.7 Å². The van der Waals surface area contributed by atoms with Gasteiger partial charge in [0.1, 0.15) is 5.82 Å². The predicted octanol–water partition coefficient (Wildman–Crippen LogP) is 2.01. The van der Waals surface area contributed by atoms with Crippen LogP contribution in [0.1, 0.15) is 41.9 Å². The average molecular weight is 332 g/mol. The van der Waals surface area contributed by atoms with E-state index < -0.39 is 0 Å². The number of hydrogen-bond acceptors (Lipinski definition) is 5. The number of nitrogens with one attached hydrogen (secondary N) is 1. The molecule has 1 atom stereocenters. The zero-order valence-electron chi connectivity index (χ0n) is 13.7. The first-order valence-electron chi connectivity index (χ1n) is 8.24. The summed E-state index contributed by atoms with van der Waals surface area (Å²) in [6.07, 6.45) is 2.62. The average Bonchev–Trinajstić information content (AvgIpc) is 3.23. The van der Waals surface area contributed by atoms with Crippen LogP contribution in [0.4, 0.5) is 4.39 Å². The van der Waals surface area contributed by atoms with Crippen LogP contribution in [0, 0.1) is 5.82 Å². The highest BCUT2D eigenvalue weighted by atomic mass is 19.1. The highest BCUT2D eigenvalue weighted by Crippen LogP contribution is 2.16. The molecular weight excluding hydrogens is 311 g/mol. The molecule has 1 aromatic heterocycles. The Balaban J connectivity index is 1.54. The number of likely N-dealkylation sites (N-methyl/N-ethyl adjacent to an activating group) is 1. The minimum atomic E-state index is -0.351. The van der Waals surface area contributed by atoms with Crippen LogP contribution < -0.4 is 5.32 Å². The van der Waals surface area contributed by atoms with Gasteiger partial charge in [-0.15, -0.1) is 10.2 Å². The number of aromatic nitrogens is 2. The molecule has 1 aromatic carbocycles. The molecule has 0 bridgehead atoms. The molecule has 1 fully saturated rings. The minimum absolute atomic E-state index is 0.0341. The number of likely N-dealkylation sites (tertiary alicyclic amines) is 1. The topological polar surface area (TPSA) is 71.3 Å². The van der Waals surface area contributed by atoms with Gasteiger partial charge in [0.25, 0.3) is 0 Å². The van der Waals surface area contributed by atoms with Crippen LogP contribution >= 0.6 is 0 Å². The molecule has 1 amide bonds. The number of nitrogens with zero attached hydrogens (tertiary/aromatic N) is 3. The van der Waals surface area contributed by atoms with Gasteiger partial charge in [0, 0.05) is 12.6 Å². The lowest BCUT2D eigenvalue weighted by atomic mass is 10.1. The maximum Gasteiger partial charge on any atom is 0.308 e. The first-order chi connectivity index (χ1) is 11.7. The van der Waals surface area contributed by atoms with E-state index in [1.807, 2.05) is 0 Å². The van der Waals surface area contributed by atoms with Crippen molar-refractivity contribution in [3.05, 3.63) is 47.4 Å². The second-order valence-electron chi connectivity index (χ2n) is 5.94. The van der Waals surface area contributed by atoms with Crippen molar-refractivity contribution >= 4 is 5.91 Å². The summed E-state index contributed by atoms with van der Waals surface area (Å²) in [6, 6.07) is 6.43. The molecule has 128 valence electrons. The molecule has 1 unspecified atom stereocenters. The third-order valence-electron chi connectivity index (χ3n) is 4.33. The number of carbonyl (C=O) groups excluding carboxylic acids is 1. The van der Waals surface area contributed by atoms with Crippen LogP contribution in [0.2, 0.25) is 0 Å². The molecule has 7 heteroatoms. The molecule has 2 heterocycles. The summed E-state index contributed by atoms with van der Waals surface area (Å²) < 4.78 is 18.3. The van der Waals surface area contributed by atoms with E-state index in [1.165, 1.54) is 12.1 Å². The fourth-order valence-corrected chi connectivity index (χ4v) is 3.02. The van der Waals surface area contributed by atoms with Crippen molar-refractivity contribution in [2.24, 2.45) is 0 Å². The molecule has 1 saturated heterocycles. The highest BCUT2D eigenvalue weighted by Gasteiger charge is 2.24. The number of amides is 1. The number of carbonyl (C=O) groups is 1. The summed E-state index contributed by atoms with van der Waals surface area (Å²) in [5.74, 6) is -0.343. The van der Waals surface area contributed by atoms with Gasteiger partial charge in [-0.3, -0.25) is 9.69 Å². The van der Waals surface area contributed by atoms with E-state index in [2.05, 4.69) is 27.3 Å². The van der Waals surface area contributed by atoms with Crippen molar-refractivity contribution in [3.8, 4) is 0 Å². The van der Waals surface area contributed by atoms with Crippen LogP contribution in [0.25, 0.3) is 0 Å². The summed E-state index contributed by atoms with van der Waals surface area (Å²) in [4.78, 5) is 14.5. The first-order valence-corrected chi connectivity index (χ1v) is 8.24. The molecule has 6 nitrogen and oxygen atoms in total. The van der Waals surface area contributed by atoms with Gasteiger partial charge in [-0.05, 0) is 43.6 Å². The molecule has 0 spiro atoms. The van der Waals surface area contributed by atoms with Gasteiger partial charge in [0.15, 0.2) is 0 Å². The van der Waals surface area contributed by atoms with Crippen molar-refractivity contribution in [1.82, 2.24) is 20.4 Å². The van der Waals surface area contributed by atoms with Crippen molar-refractivity contribution in [3.63, 3.8) is 0 Å². The second kappa shape index (κ2) is 7.53. The molecule has 1 N–H and O–H groups in total. The molecular formula is C17H21FN4O2. The Morgan fingerprint density at radius 2 is 2.17 bits per heavy atom. The van der Waals surface area contributed by atoms with E-state index in [4.69, 9.17) is 4.42 Å². The number of halogens is 1. The Hall–Kier alpha value is -2.28. The van der Waals surface area contributed by atoms with Crippen LogP contribution in [0.3, 0.4) is 0 Å². The van der Waals surface area contributed by atoms with Crippen molar-refractivity contribution in [2.75, 3.05) is 19.6 Å². The molecule has 0 saturated carbocycles. The quantitative estimate of drug-likeness (QED) is 0.876. The maximum atomic E-state index is 12.9. The smallest absolute Gasteiger partial charge is 0.308 e. The van der Waals surface area contributed by atoms with Crippen molar-refractivity contribution in [1.29, 1.82) is 0 Å². The molecule has 1 aliphatic heterocycles. The van der Waals surface area contributed by atoms with Gasteiger partial charge in [0.05, 0.1) is 6.42 Å². The summed E-state index contributed by atoms with van der Waals surface area (Å²) >= 11 is 0. The van der Waals surface area contributed by atoms with Crippen molar-refractivity contribution in [2.45, 2.75) is 32.2 Å². The Morgan fingerprint density at radius 1 is 1.38 bits per heavy atom. The summed E-state index contributed by atoms with van der Waals surface area (Å²) in [5.41, 5.74) is 0.844. The molecule has 0 aliphatic carbocycles. The highest BCUT2D eigenvalue weighted by molar-refractivity contribution is 5.89. The summed E-state index contributed by atoms with van der Waals surface area (Å²) in [6.45, 7) is 4.78. The van der Waals surface area contributed by atoms with E-state index in [1.54, 1.807) is 12.1 Å². The minimum Gasteiger partial charge on any atom is -0.417 e. The van der Waals surface area contributed by atoms with E-state index in [0.29, 0.717) is 24.9 Å². The number of rotatable bonds is 6. The second-order valence-corrected chi connectivity index (χ2v) is 5.94. The summed E-state index contributed by atoms with van der Waals surface area (Å²) in [5, 5.41) is 10.5. The zero-order chi connectivity index (χ0) is 16.9. The number of hydrogen-bond donors (Lipinski definition) is 1. The molecule has 0 radical (unpaired) electrons. The van der Waals surface area contributed by atoms with Gasteiger partial charge >= 0.3 is 11.8 Å². The lowest BCUT2D eigenvalue weighted by Crippen LogP contribution is -2.40. The lowest BCUT2D eigenvalue weighted by Gasteiger charge is -2.22.